The summed E-state index contributed by atoms with van der Waals surface area (Å²) in [5.41, 5.74) is 2.16. The molecule has 2 saturated carbocycles. The average molecular weight is 206 g/mol. The second kappa shape index (κ2) is 3.96. The Hall–Kier alpha value is -0.260. The fourth-order valence-corrected chi connectivity index (χ4v) is 3.74. The molecule has 86 valence electrons. The first-order chi connectivity index (χ1) is 7.00. The van der Waals surface area contributed by atoms with Crippen LogP contribution in [0.5, 0.6) is 0 Å². The minimum atomic E-state index is 0.595. The van der Waals surface area contributed by atoms with Crippen molar-refractivity contribution >= 4 is 0 Å². The molecule has 0 nitrogen and oxygen atoms in total. The zero-order valence-electron chi connectivity index (χ0n) is 10.7. The second-order valence-corrected chi connectivity index (χ2v) is 6.64. The Labute approximate surface area is 95.1 Å². The molecule has 3 atom stereocenters. The summed E-state index contributed by atoms with van der Waals surface area (Å²) in [5.74, 6) is 2.74. The highest BCUT2D eigenvalue weighted by Gasteiger charge is 2.47. The molecule has 0 aromatic carbocycles. The van der Waals surface area contributed by atoms with Gasteiger partial charge in [0.2, 0.25) is 0 Å². The fourth-order valence-electron chi connectivity index (χ4n) is 3.74. The van der Waals surface area contributed by atoms with E-state index in [9.17, 15) is 0 Å². The van der Waals surface area contributed by atoms with E-state index in [1.54, 1.807) is 5.57 Å². The van der Waals surface area contributed by atoms with Gasteiger partial charge in [0, 0.05) is 0 Å². The Morgan fingerprint density at radius 3 is 2.60 bits per heavy atom. The third kappa shape index (κ3) is 2.14. The van der Waals surface area contributed by atoms with Crippen LogP contribution in [0.25, 0.3) is 0 Å². The van der Waals surface area contributed by atoms with Crippen LogP contribution in [-0.2, 0) is 0 Å². The third-order valence-corrected chi connectivity index (χ3v) is 4.93. The fraction of sp³-hybridized carbons (Fsp3) is 0.867. The van der Waals surface area contributed by atoms with Crippen molar-refractivity contribution in [3.05, 3.63) is 12.2 Å². The van der Waals surface area contributed by atoms with Crippen LogP contribution < -0.4 is 0 Å². The number of allylic oxidation sites excluding steroid dienone is 1. The van der Waals surface area contributed by atoms with Crippen molar-refractivity contribution in [2.45, 2.75) is 59.3 Å². The maximum atomic E-state index is 4.33. The normalized spacial score (nSPS) is 40.7. The smallest absolute Gasteiger partial charge is 0.0167 e. The Morgan fingerprint density at radius 1 is 1.20 bits per heavy atom. The average Bonchev–Trinajstić information content (AvgIpc) is 2.18. The van der Waals surface area contributed by atoms with E-state index in [1.807, 2.05) is 0 Å². The SMILES string of the molecule is C=C1CCCC(C)CCC2C1CC2(C)C. The van der Waals surface area contributed by atoms with Crippen molar-refractivity contribution in [2.75, 3.05) is 0 Å². The van der Waals surface area contributed by atoms with E-state index in [1.165, 1.54) is 38.5 Å². The van der Waals surface area contributed by atoms with Crippen LogP contribution in [0.2, 0.25) is 0 Å². The van der Waals surface area contributed by atoms with Crippen molar-refractivity contribution < 1.29 is 0 Å². The van der Waals surface area contributed by atoms with E-state index in [4.69, 9.17) is 0 Å². The molecule has 15 heavy (non-hydrogen) atoms. The molecule has 0 N–H and O–H groups in total. The molecule has 2 fully saturated rings. The molecular weight excluding hydrogens is 180 g/mol. The molecule has 0 bridgehead atoms. The van der Waals surface area contributed by atoms with Gasteiger partial charge in [0.1, 0.15) is 0 Å². The molecule has 0 aromatic heterocycles. The molecule has 0 aromatic rings. The zero-order chi connectivity index (χ0) is 11.1. The van der Waals surface area contributed by atoms with Gasteiger partial charge >= 0.3 is 0 Å². The van der Waals surface area contributed by atoms with Gasteiger partial charge in [0.05, 0.1) is 0 Å². The zero-order valence-corrected chi connectivity index (χ0v) is 10.7. The lowest BCUT2D eigenvalue weighted by molar-refractivity contribution is 0.000898. The van der Waals surface area contributed by atoms with E-state index < -0.39 is 0 Å². The van der Waals surface area contributed by atoms with Gasteiger partial charge in [-0.1, -0.05) is 45.8 Å². The summed E-state index contributed by atoms with van der Waals surface area (Å²) in [4.78, 5) is 0. The largest absolute Gasteiger partial charge is 0.0996 e. The predicted octanol–water partition coefficient (Wildman–Crippen LogP) is 4.81. The molecular formula is C15H26. The molecule has 0 heterocycles. The molecule has 0 saturated heterocycles. The summed E-state index contributed by atoms with van der Waals surface area (Å²) in [7, 11) is 0. The van der Waals surface area contributed by atoms with Crippen LogP contribution in [0.3, 0.4) is 0 Å². The second-order valence-electron chi connectivity index (χ2n) is 6.64. The third-order valence-electron chi connectivity index (χ3n) is 4.93. The monoisotopic (exact) mass is 206 g/mol. The quantitative estimate of drug-likeness (QED) is 0.499. The summed E-state index contributed by atoms with van der Waals surface area (Å²) >= 11 is 0. The highest BCUT2D eigenvalue weighted by molar-refractivity contribution is 5.13. The molecule has 0 amide bonds. The van der Waals surface area contributed by atoms with Crippen molar-refractivity contribution in [1.82, 2.24) is 0 Å². The first-order valence-corrected chi connectivity index (χ1v) is 6.68. The Bertz CT molecular complexity index is 249. The van der Waals surface area contributed by atoms with E-state index in [0.29, 0.717) is 5.41 Å². The summed E-state index contributed by atoms with van der Waals surface area (Å²) < 4.78 is 0. The summed E-state index contributed by atoms with van der Waals surface area (Å²) in [6.45, 7) is 11.7. The minimum Gasteiger partial charge on any atom is -0.0996 e. The van der Waals surface area contributed by atoms with Gasteiger partial charge in [0.25, 0.3) is 0 Å². The number of fused-ring (bicyclic) bond motifs is 1. The van der Waals surface area contributed by atoms with Crippen LogP contribution in [0, 0.1) is 23.2 Å². The molecule has 3 unspecified atom stereocenters. The van der Waals surface area contributed by atoms with Crippen molar-refractivity contribution in [1.29, 1.82) is 0 Å². The van der Waals surface area contributed by atoms with Crippen LogP contribution in [0.4, 0.5) is 0 Å². The van der Waals surface area contributed by atoms with Gasteiger partial charge < -0.3 is 0 Å². The Morgan fingerprint density at radius 2 is 1.93 bits per heavy atom. The maximum Gasteiger partial charge on any atom is -0.0167 e. The van der Waals surface area contributed by atoms with Gasteiger partial charge in [-0.05, 0) is 48.9 Å². The molecule has 0 heteroatoms. The Kier molecular flexibility index (Phi) is 2.96. The lowest BCUT2D eigenvalue weighted by Crippen LogP contribution is -2.44. The topological polar surface area (TPSA) is 0 Å². The number of hydrogen-bond donors (Lipinski definition) is 0. The summed E-state index contributed by atoms with van der Waals surface area (Å²) in [5, 5.41) is 0. The number of hydrogen-bond acceptors (Lipinski definition) is 0. The van der Waals surface area contributed by atoms with E-state index in [2.05, 4.69) is 27.4 Å². The highest BCUT2D eigenvalue weighted by atomic mass is 14.5. The van der Waals surface area contributed by atoms with Crippen molar-refractivity contribution in [3.63, 3.8) is 0 Å². The molecule has 2 aliphatic carbocycles. The minimum absolute atomic E-state index is 0.595. The number of rotatable bonds is 0. The maximum absolute atomic E-state index is 4.33. The Balaban J connectivity index is 2.06. The van der Waals surface area contributed by atoms with Gasteiger partial charge in [0.15, 0.2) is 0 Å². The van der Waals surface area contributed by atoms with Gasteiger partial charge in [-0.15, -0.1) is 0 Å². The highest BCUT2D eigenvalue weighted by Crippen LogP contribution is 2.56. The van der Waals surface area contributed by atoms with E-state index in [0.717, 1.165) is 17.8 Å². The van der Waals surface area contributed by atoms with E-state index in [-0.39, 0.29) is 0 Å². The van der Waals surface area contributed by atoms with Crippen molar-refractivity contribution in [2.24, 2.45) is 23.2 Å². The molecule has 0 aliphatic heterocycles. The molecule has 0 spiro atoms. The van der Waals surface area contributed by atoms with Crippen LogP contribution in [-0.4, -0.2) is 0 Å². The predicted molar refractivity (Wildman–Crippen MR) is 66.8 cm³/mol. The summed E-state index contributed by atoms with van der Waals surface area (Å²) in [6, 6.07) is 0. The van der Waals surface area contributed by atoms with Crippen molar-refractivity contribution in [3.8, 4) is 0 Å². The molecule has 0 radical (unpaired) electrons. The first-order valence-electron chi connectivity index (χ1n) is 6.68. The van der Waals surface area contributed by atoms with Crippen LogP contribution in [0.15, 0.2) is 12.2 Å². The van der Waals surface area contributed by atoms with Gasteiger partial charge in [-0.3, -0.25) is 0 Å². The first kappa shape index (κ1) is 11.2. The molecule has 2 rings (SSSR count). The van der Waals surface area contributed by atoms with Crippen LogP contribution >= 0.6 is 0 Å². The van der Waals surface area contributed by atoms with Crippen LogP contribution in [0.1, 0.15) is 59.3 Å². The van der Waals surface area contributed by atoms with Gasteiger partial charge in [-0.25, -0.2) is 0 Å². The van der Waals surface area contributed by atoms with E-state index >= 15 is 0 Å². The lowest BCUT2D eigenvalue weighted by atomic mass is 9.52. The summed E-state index contributed by atoms with van der Waals surface area (Å²) in [6.07, 6.45) is 8.37. The van der Waals surface area contributed by atoms with Gasteiger partial charge in [-0.2, -0.15) is 0 Å². The standard InChI is InChI=1S/C15H26/c1-11-6-5-7-12(2)13-10-15(3,4)14(13)9-8-11/h11,13-14H,2,5-10H2,1,3-4H3. The lowest BCUT2D eigenvalue weighted by Gasteiger charge is -2.53. The molecule has 2 aliphatic rings.